The number of aliphatic carboxylic acids is 1. The molecule has 0 saturated heterocycles. The lowest BCUT2D eigenvalue weighted by Crippen LogP contribution is -2.20. The van der Waals surface area contributed by atoms with Gasteiger partial charge in [0.05, 0.1) is 6.61 Å². The van der Waals surface area contributed by atoms with E-state index < -0.39 is 23.6 Å². The topological polar surface area (TPSA) is 57.5 Å². The Labute approximate surface area is 84.6 Å². The minimum atomic E-state index is -1.15. The zero-order valence-corrected chi connectivity index (χ0v) is 8.00. The molecule has 0 radical (unpaired) electrons. The van der Waals surface area contributed by atoms with E-state index in [1.165, 1.54) is 18.2 Å². The van der Waals surface area contributed by atoms with Crippen LogP contribution in [0.25, 0.3) is 0 Å². The molecular weight excluding hydrogens is 207 g/mol. The molecule has 2 N–H and O–H groups in total. The molecule has 0 spiro atoms. The van der Waals surface area contributed by atoms with Crippen molar-refractivity contribution in [2.24, 2.45) is 0 Å². The van der Waals surface area contributed by atoms with Crippen LogP contribution in [0, 0.1) is 5.82 Å². The predicted octanol–water partition coefficient (Wildman–Crippen LogP) is 1.36. The lowest BCUT2D eigenvalue weighted by Gasteiger charge is -2.08. The first-order valence-corrected chi connectivity index (χ1v) is 4.78. The highest BCUT2D eigenvalue weighted by atomic mass is 32.2. The summed E-state index contributed by atoms with van der Waals surface area (Å²) in [6.07, 6.45) is 0. The van der Waals surface area contributed by atoms with Gasteiger partial charge in [-0.15, -0.1) is 11.8 Å². The molecule has 0 saturated carbocycles. The molecule has 1 atom stereocenters. The van der Waals surface area contributed by atoms with Gasteiger partial charge in [0.2, 0.25) is 0 Å². The summed E-state index contributed by atoms with van der Waals surface area (Å²) in [5.41, 5.74) is 0. The first kappa shape index (κ1) is 11.0. The van der Waals surface area contributed by atoms with E-state index in [2.05, 4.69) is 0 Å². The zero-order chi connectivity index (χ0) is 10.6. The van der Waals surface area contributed by atoms with E-state index in [-0.39, 0.29) is 4.90 Å². The molecule has 0 aromatic heterocycles. The van der Waals surface area contributed by atoms with Crippen LogP contribution in [0.3, 0.4) is 0 Å². The molecule has 1 aromatic rings. The SMILES string of the molecule is O=C(O)C(CO)Sc1ccccc1F. The van der Waals surface area contributed by atoms with E-state index in [1.807, 2.05) is 0 Å². The van der Waals surface area contributed by atoms with Crippen molar-refractivity contribution in [3.05, 3.63) is 30.1 Å². The van der Waals surface area contributed by atoms with Gasteiger partial charge in [-0.3, -0.25) is 4.79 Å². The van der Waals surface area contributed by atoms with Gasteiger partial charge in [-0.25, -0.2) is 4.39 Å². The molecule has 0 fully saturated rings. The fraction of sp³-hybridized carbons (Fsp3) is 0.222. The van der Waals surface area contributed by atoms with E-state index in [9.17, 15) is 9.18 Å². The molecule has 0 aliphatic rings. The Balaban J connectivity index is 2.77. The van der Waals surface area contributed by atoms with Crippen molar-refractivity contribution in [1.82, 2.24) is 0 Å². The summed E-state index contributed by atoms with van der Waals surface area (Å²) in [7, 11) is 0. The van der Waals surface area contributed by atoms with Crippen LogP contribution in [0.1, 0.15) is 0 Å². The minimum absolute atomic E-state index is 0.231. The Morgan fingerprint density at radius 2 is 2.14 bits per heavy atom. The van der Waals surface area contributed by atoms with E-state index in [0.717, 1.165) is 11.8 Å². The highest BCUT2D eigenvalue weighted by Crippen LogP contribution is 2.25. The molecule has 1 unspecified atom stereocenters. The number of carbonyl (C=O) groups is 1. The maximum Gasteiger partial charge on any atom is 0.319 e. The van der Waals surface area contributed by atoms with Crippen molar-refractivity contribution in [3.8, 4) is 0 Å². The quantitative estimate of drug-likeness (QED) is 0.746. The van der Waals surface area contributed by atoms with Crippen molar-refractivity contribution in [2.45, 2.75) is 10.1 Å². The molecule has 0 aliphatic carbocycles. The maximum absolute atomic E-state index is 13.1. The second kappa shape index (κ2) is 4.97. The second-order valence-electron chi connectivity index (χ2n) is 2.56. The first-order valence-electron chi connectivity index (χ1n) is 3.90. The van der Waals surface area contributed by atoms with Gasteiger partial charge >= 0.3 is 5.97 Å². The summed E-state index contributed by atoms with van der Waals surface area (Å²) in [4.78, 5) is 10.8. The maximum atomic E-state index is 13.1. The number of thioether (sulfide) groups is 1. The Morgan fingerprint density at radius 3 is 2.64 bits per heavy atom. The average molecular weight is 216 g/mol. The summed E-state index contributed by atoms with van der Waals surface area (Å²) in [5, 5.41) is 16.3. The number of aliphatic hydroxyl groups excluding tert-OH is 1. The monoisotopic (exact) mass is 216 g/mol. The van der Waals surface area contributed by atoms with Gasteiger partial charge < -0.3 is 10.2 Å². The van der Waals surface area contributed by atoms with Gasteiger partial charge in [-0.05, 0) is 12.1 Å². The van der Waals surface area contributed by atoms with Crippen LogP contribution in [0.5, 0.6) is 0 Å². The molecule has 0 heterocycles. The summed E-state index contributed by atoms with van der Waals surface area (Å²) in [5.74, 6) is -1.63. The largest absolute Gasteiger partial charge is 0.480 e. The lowest BCUT2D eigenvalue weighted by molar-refractivity contribution is -0.137. The first-order chi connectivity index (χ1) is 6.65. The van der Waals surface area contributed by atoms with Crippen molar-refractivity contribution >= 4 is 17.7 Å². The number of rotatable bonds is 4. The molecule has 5 heteroatoms. The van der Waals surface area contributed by atoms with Crippen molar-refractivity contribution in [3.63, 3.8) is 0 Å². The number of hydrogen-bond donors (Lipinski definition) is 2. The van der Waals surface area contributed by atoms with Crippen LogP contribution in [0.15, 0.2) is 29.2 Å². The molecule has 76 valence electrons. The Bertz CT molecular complexity index is 330. The lowest BCUT2D eigenvalue weighted by atomic mass is 10.3. The van der Waals surface area contributed by atoms with E-state index in [1.54, 1.807) is 6.07 Å². The van der Waals surface area contributed by atoms with Crippen LogP contribution in [-0.4, -0.2) is 28.0 Å². The Hall–Kier alpha value is -1.07. The van der Waals surface area contributed by atoms with Gasteiger partial charge in [-0.1, -0.05) is 12.1 Å². The normalized spacial score (nSPS) is 12.4. The smallest absolute Gasteiger partial charge is 0.319 e. The van der Waals surface area contributed by atoms with Gasteiger partial charge in [0, 0.05) is 4.90 Å². The van der Waals surface area contributed by atoms with Crippen LogP contribution in [0.4, 0.5) is 4.39 Å². The van der Waals surface area contributed by atoms with Gasteiger partial charge in [0.15, 0.2) is 0 Å². The fourth-order valence-electron chi connectivity index (χ4n) is 0.859. The number of carboxylic acid groups (broad SMARTS) is 1. The number of hydrogen-bond acceptors (Lipinski definition) is 3. The summed E-state index contributed by atoms with van der Waals surface area (Å²) >= 11 is 0.799. The predicted molar refractivity (Wildman–Crippen MR) is 50.8 cm³/mol. The van der Waals surface area contributed by atoms with Crippen LogP contribution < -0.4 is 0 Å². The molecule has 0 bridgehead atoms. The van der Waals surface area contributed by atoms with Crippen molar-refractivity contribution in [1.29, 1.82) is 0 Å². The number of halogens is 1. The molecular formula is C9H9FO3S. The Kier molecular flexibility index (Phi) is 3.91. The van der Waals surface area contributed by atoms with Gasteiger partial charge in [-0.2, -0.15) is 0 Å². The van der Waals surface area contributed by atoms with Crippen LogP contribution in [0.2, 0.25) is 0 Å². The average Bonchev–Trinajstić information content (AvgIpc) is 2.16. The minimum Gasteiger partial charge on any atom is -0.480 e. The second-order valence-corrected chi connectivity index (χ2v) is 3.80. The number of carboxylic acids is 1. The van der Waals surface area contributed by atoms with Gasteiger partial charge in [0.25, 0.3) is 0 Å². The number of aliphatic hydroxyl groups is 1. The third kappa shape index (κ3) is 2.71. The fourth-order valence-corrected chi connectivity index (χ4v) is 1.68. The third-order valence-electron chi connectivity index (χ3n) is 1.55. The van der Waals surface area contributed by atoms with Crippen molar-refractivity contribution < 1.29 is 19.4 Å². The van der Waals surface area contributed by atoms with E-state index in [0.29, 0.717) is 0 Å². The Morgan fingerprint density at radius 1 is 1.50 bits per heavy atom. The summed E-state index contributed by atoms with van der Waals surface area (Å²) in [6.45, 7) is -0.520. The van der Waals surface area contributed by atoms with Crippen molar-refractivity contribution in [2.75, 3.05) is 6.61 Å². The standard InChI is InChI=1S/C9H9FO3S/c10-6-3-1-2-4-7(6)14-8(5-11)9(12)13/h1-4,8,11H,5H2,(H,12,13). The molecule has 1 aromatic carbocycles. The number of benzene rings is 1. The van der Waals surface area contributed by atoms with Crippen LogP contribution in [-0.2, 0) is 4.79 Å². The molecule has 0 aliphatic heterocycles. The van der Waals surface area contributed by atoms with Crippen LogP contribution >= 0.6 is 11.8 Å². The van der Waals surface area contributed by atoms with E-state index >= 15 is 0 Å². The van der Waals surface area contributed by atoms with E-state index in [4.69, 9.17) is 10.2 Å². The molecule has 0 amide bonds. The highest BCUT2D eigenvalue weighted by Gasteiger charge is 2.18. The summed E-state index contributed by atoms with van der Waals surface area (Å²) in [6, 6.07) is 5.86. The molecule has 1 rings (SSSR count). The highest BCUT2D eigenvalue weighted by molar-refractivity contribution is 8.00. The molecule has 14 heavy (non-hydrogen) atoms. The molecule has 3 nitrogen and oxygen atoms in total. The van der Waals surface area contributed by atoms with Gasteiger partial charge in [0.1, 0.15) is 11.1 Å². The summed E-state index contributed by atoms with van der Waals surface area (Å²) < 4.78 is 13.1. The zero-order valence-electron chi connectivity index (χ0n) is 7.18. The third-order valence-corrected chi connectivity index (χ3v) is 2.77.